The van der Waals surface area contributed by atoms with Crippen molar-refractivity contribution < 1.29 is 25.2 Å². The molecule has 0 atom stereocenters. The molecular weight excluding hydrogens is 348 g/mol. The molecule has 0 heterocycles. The highest BCUT2D eigenvalue weighted by molar-refractivity contribution is 5.68. The number of aliphatic carboxylic acids is 1. The molecule has 0 aromatic heterocycles. The van der Waals surface area contributed by atoms with Crippen molar-refractivity contribution in [2.45, 2.75) is 71.1 Å². The number of aliphatic hydroxyl groups is 3. The lowest BCUT2D eigenvalue weighted by Crippen LogP contribution is -2.32. The van der Waals surface area contributed by atoms with Gasteiger partial charge in [0.15, 0.2) is 0 Å². The van der Waals surface area contributed by atoms with Crippen molar-refractivity contribution in [2.24, 2.45) is 0 Å². The van der Waals surface area contributed by atoms with Crippen molar-refractivity contribution in [3.8, 4) is 0 Å². The van der Waals surface area contributed by atoms with Crippen LogP contribution in [0.15, 0.2) is 0 Å². The number of rotatable bonds is 19. The van der Waals surface area contributed by atoms with Crippen molar-refractivity contribution in [1.29, 1.82) is 0 Å². The molecule has 0 aliphatic rings. The van der Waals surface area contributed by atoms with Gasteiger partial charge in [-0.05, 0) is 13.0 Å². The van der Waals surface area contributed by atoms with Crippen LogP contribution in [-0.4, -0.2) is 83.8 Å². The molecule has 164 valence electrons. The van der Waals surface area contributed by atoms with Crippen LogP contribution in [0.2, 0.25) is 0 Å². The SMILES string of the molecule is CCCCCCCCCCCCNCC(=O)O.OCCN(CCO)CCO. The fourth-order valence-electron chi connectivity index (χ4n) is 2.69. The first kappa shape index (κ1) is 28.5. The van der Waals surface area contributed by atoms with E-state index >= 15 is 0 Å². The van der Waals surface area contributed by atoms with E-state index in [1.807, 2.05) is 0 Å². The molecule has 0 spiro atoms. The number of carboxylic acids is 1. The molecule has 0 radical (unpaired) electrons. The number of hydrogen-bond donors (Lipinski definition) is 5. The average Bonchev–Trinajstić information content (AvgIpc) is 2.64. The maximum Gasteiger partial charge on any atom is 0.317 e. The molecule has 0 aliphatic carbocycles. The fourth-order valence-corrected chi connectivity index (χ4v) is 2.69. The van der Waals surface area contributed by atoms with Gasteiger partial charge in [-0.3, -0.25) is 9.69 Å². The number of nitrogens with zero attached hydrogens (tertiary/aromatic N) is 1. The molecule has 0 aliphatic heterocycles. The second kappa shape index (κ2) is 25.3. The molecule has 7 nitrogen and oxygen atoms in total. The summed E-state index contributed by atoms with van der Waals surface area (Å²) in [6.07, 6.45) is 13.2. The number of nitrogens with one attached hydrogen (secondary N) is 1. The van der Waals surface area contributed by atoms with Crippen molar-refractivity contribution in [3.63, 3.8) is 0 Å². The van der Waals surface area contributed by atoms with E-state index in [0.717, 1.165) is 13.0 Å². The Kier molecular flexibility index (Phi) is 26.7. The summed E-state index contributed by atoms with van der Waals surface area (Å²) < 4.78 is 0. The zero-order chi connectivity index (χ0) is 20.6. The molecular formula is C20H44N2O5. The van der Waals surface area contributed by atoms with Crippen LogP contribution in [0, 0.1) is 0 Å². The van der Waals surface area contributed by atoms with Gasteiger partial charge < -0.3 is 25.7 Å². The lowest BCUT2D eigenvalue weighted by Gasteiger charge is -2.17. The Labute approximate surface area is 165 Å². The van der Waals surface area contributed by atoms with Crippen molar-refractivity contribution >= 4 is 5.97 Å². The first-order valence-corrected chi connectivity index (χ1v) is 10.6. The van der Waals surface area contributed by atoms with Crippen LogP contribution < -0.4 is 5.32 Å². The summed E-state index contributed by atoms with van der Waals surface area (Å²) in [5.41, 5.74) is 0. The Balaban J connectivity index is 0. The van der Waals surface area contributed by atoms with Gasteiger partial charge in [0, 0.05) is 19.6 Å². The van der Waals surface area contributed by atoms with Crippen LogP contribution in [0.1, 0.15) is 71.1 Å². The second-order valence-corrected chi connectivity index (χ2v) is 6.76. The van der Waals surface area contributed by atoms with Gasteiger partial charge in [-0.15, -0.1) is 0 Å². The highest BCUT2D eigenvalue weighted by atomic mass is 16.4. The summed E-state index contributed by atoms with van der Waals surface area (Å²) in [5, 5.41) is 36.8. The zero-order valence-electron chi connectivity index (χ0n) is 17.4. The molecule has 0 saturated carbocycles. The van der Waals surface area contributed by atoms with Gasteiger partial charge in [-0.1, -0.05) is 64.7 Å². The lowest BCUT2D eigenvalue weighted by atomic mass is 10.1. The number of unbranched alkanes of at least 4 members (excludes halogenated alkanes) is 9. The topological polar surface area (TPSA) is 113 Å². The Morgan fingerprint density at radius 3 is 1.52 bits per heavy atom. The number of hydrogen-bond acceptors (Lipinski definition) is 6. The van der Waals surface area contributed by atoms with E-state index in [4.69, 9.17) is 20.4 Å². The molecule has 5 N–H and O–H groups in total. The molecule has 0 amide bonds. The van der Waals surface area contributed by atoms with Gasteiger partial charge in [-0.25, -0.2) is 0 Å². The molecule has 0 rings (SSSR count). The normalized spacial score (nSPS) is 10.7. The number of carboxylic acid groups (broad SMARTS) is 1. The first-order valence-electron chi connectivity index (χ1n) is 10.6. The predicted octanol–water partition coefficient (Wildman–Crippen LogP) is 1.85. The van der Waals surface area contributed by atoms with E-state index in [2.05, 4.69) is 12.2 Å². The van der Waals surface area contributed by atoms with Crippen LogP contribution >= 0.6 is 0 Å². The van der Waals surface area contributed by atoms with E-state index in [1.54, 1.807) is 4.90 Å². The molecule has 0 aromatic rings. The van der Waals surface area contributed by atoms with Crippen LogP contribution in [-0.2, 0) is 4.79 Å². The summed E-state index contributed by atoms with van der Waals surface area (Å²) in [6.45, 7) is 4.93. The minimum Gasteiger partial charge on any atom is -0.480 e. The second-order valence-electron chi connectivity index (χ2n) is 6.76. The van der Waals surface area contributed by atoms with Crippen LogP contribution in [0.25, 0.3) is 0 Å². The molecule has 27 heavy (non-hydrogen) atoms. The van der Waals surface area contributed by atoms with Crippen molar-refractivity contribution in [1.82, 2.24) is 10.2 Å². The molecule has 0 unspecified atom stereocenters. The highest BCUT2D eigenvalue weighted by Crippen LogP contribution is 2.10. The van der Waals surface area contributed by atoms with Gasteiger partial charge in [0.25, 0.3) is 0 Å². The number of carbonyl (C=O) groups is 1. The van der Waals surface area contributed by atoms with Crippen molar-refractivity contribution in [2.75, 3.05) is 52.5 Å². The highest BCUT2D eigenvalue weighted by Gasteiger charge is 2.00. The van der Waals surface area contributed by atoms with Crippen LogP contribution in [0.4, 0.5) is 0 Å². The number of aliphatic hydroxyl groups excluding tert-OH is 3. The van der Waals surface area contributed by atoms with E-state index in [1.165, 1.54) is 57.8 Å². The average molecular weight is 393 g/mol. The smallest absolute Gasteiger partial charge is 0.317 e. The third-order valence-electron chi connectivity index (χ3n) is 4.23. The van der Waals surface area contributed by atoms with Gasteiger partial charge in [-0.2, -0.15) is 0 Å². The molecule has 0 bridgehead atoms. The minimum absolute atomic E-state index is 0.0694. The Hall–Kier alpha value is -0.730. The van der Waals surface area contributed by atoms with Gasteiger partial charge in [0.05, 0.1) is 26.4 Å². The van der Waals surface area contributed by atoms with Gasteiger partial charge in [0.2, 0.25) is 0 Å². The Bertz CT molecular complexity index is 279. The van der Waals surface area contributed by atoms with E-state index in [9.17, 15) is 4.79 Å². The maximum atomic E-state index is 10.2. The monoisotopic (exact) mass is 392 g/mol. The first-order chi connectivity index (χ1) is 13.1. The fraction of sp³-hybridized carbons (Fsp3) is 0.950. The standard InChI is InChI=1S/C14H29NO2.C6H15NO3/c1-2-3-4-5-6-7-8-9-10-11-12-15-13-14(16)17;8-4-1-7(2-5-9)3-6-10/h15H,2-13H2,1H3,(H,16,17);8-10H,1-6H2. The predicted molar refractivity (Wildman–Crippen MR) is 110 cm³/mol. The summed E-state index contributed by atoms with van der Waals surface area (Å²) in [4.78, 5) is 12.0. The summed E-state index contributed by atoms with van der Waals surface area (Å²) in [6, 6.07) is 0. The lowest BCUT2D eigenvalue weighted by molar-refractivity contribution is -0.135. The zero-order valence-corrected chi connectivity index (χ0v) is 17.4. The van der Waals surface area contributed by atoms with Gasteiger partial charge >= 0.3 is 5.97 Å². The summed E-state index contributed by atoms with van der Waals surface area (Å²) >= 11 is 0. The third-order valence-corrected chi connectivity index (χ3v) is 4.23. The van der Waals surface area contributed by atoms with E-state index < -0.39 is 5.97 Å². The van der Waals surface area contributed by atoms with Crippen molar-refractivity contribution in [3.05, 3.63) is 0 Å². The minimum atomic E-state index is -0.767. The Morgan fingerprint density at radius 1 is 0.741 bits per heavy atom. The molecule has 0 saturated heterocycles. The largest absolute Gasteiger partial charge is 0.480 e. The molecule has 0 fully saturated rings. The summed E-state index contributed by atoms with van der Waals surface area (Å²) in [5.74, 6) is -0.767. The summed E-state index contributed by atoms with van der Waals surface area (Å²) in [7, 11) is 0. The molecule has 0 aromatic carbocycles. The third kappa shape index (κ3) is 27.6. The van der Waals surface area contributed by atoms with E-state index in [-0.39, 0.29) is 26.4 Å². The quantitative estimate of drug-likeness (QED) is 0.213. The molecule has 7 heteroatoms. The Morgan fingerprint density at radius 2 is 1.15 bits per heavy atom. The van der Waals surface area contributed by atoms with Crippen LogP contribution in [0.5, 0.6) is 0 Å². The van der Waals surface area contributed by atoms with E-state index in [0.29, 0.717) is 19.6 Å². The van der Waals surface area contributed by atoms with Gasteiger partial charge in [0.1, 0.15) is 0 Å². The van der Waals surface area contributed by atoms with Crippen LogP contribution in [0.3, 0.4) is 0 Å². The maximum absolute atomic E-state index is 10.2.